The third-order valence-electron chi connectivity index (χ3n) is 2.24. The topological polar surface area (TPSA) is 50.4 Å². The zero-order chi connectivity index (χ0) is 13.4. The van der Waals surface area contributed by atoms with Crippen molar-refractivity contribution in [2.45, 2.75) is 26.4 Å². The van der Waals surface area contributed by atoms with Gasteiger partial charge in [0.1, 0.15) is 6.10 Å². The van der Waals surface area contributed by atoms with E-state index in [0.717, 1.165) is 13.0 Å². The summed E-state index contributed by atoms with van der Waals surface area (Å²) in [6.45, 7) is 5.50. The molecule has 1 amide bonds. The zero-order valence-corrected chi connectivity index (χ0v) is 11.5. The van der Waals surface area contributed by atoms with E-state index in [4.69, 9.17) is 16.3 Å². The van der Waals surface area contributed by atoms with Gasteiger partial charge in [0.2, 0.25) is 0 Å². The minimum absolute atomic E-state index is 0.171. The van der Waals surface area contributed by atoms with Gasteiger partial charge in [-0.25, -0.2) is 4.79 Å². The zero-order valence-electron chi connectivity index (χ0n) is 10.7. The van der Waals surface area contributed by atoms with Gasteiger partial charge in [0.25, 0.3) is 0 Å². The van der Waals surface area contributed by atoms with Gasteiger partial charge < -0.3 is 10.1 Å². The molecule has 0 saturated heterocycles. The SMILES string of the molecule is CCCNCC(C)OC(=O)Nc1cccc(Cl)c1. The highest BCUT2D eigenvalue weighted by atomic mass is 35.5. The first-order valence-corrected chi connectivity index (χ1v) is 6.43. The molecule has 0 bridgehead atoms. The van der Waals surface area contributed by atoms with Crippen molar-refractivity contribution in [3.63, 3.8) is 0 Å². The molecule has 0 radical (unpaired) electrons. The van der Waals surface area contributed by atoms with Crippen molar-refractivity contribution in [2.24, 2.45) is 0 Å². The first-order chi connectivity index (χ1) is 8.61. The van der Waals surface area contributed by atoms with Gasteiger partial charge in [-0.1, -0.05) is 24.6 Å². The summed E-state index contributed by atoms with van der Waals surface area (Å²) in [4.78, 5) is 11.6. The summed E-state index contributed by atoms with van der Waals surface area (Å²) in [7, 11) is 0. The molecule has 1 aromatic rings. The lowest BCUT2D eigenvalue weighted by Crippen LogP contribution is -2.30. The van der Waals surface area contributed by atoms with Crippen molar-refractivity contribution in [1.29, 1.82) is 0 Å². The summed E-state index contributed by atoms with van der Waals surface area (Å²) in [6.07, 6.45) is 0.417. The van der Waals surface area contributed by atoms with Crippen molar-refractivity contribution in [2.75, 3.05) is 18.4 Å². The number of rotatable bonds is 6. The maximum absolute atomic E-state index is 11.6. The fraction of sp³-hybridized carbons (Fsp3) is 0.462. The lowest BCUT2D eigenvalue weighted by molar-refractivity contribution is 0.120. The van der Waals surface area contributed by atoms with E-state index in [-0.39, 0.29) is 6.10 Å². The molecule has 0 saturated carbocycles. The van der Waals surface area contributed by atoms with Crippen LogP contribution in [0.3, 0.4) is 0 Å². The Morgan fingerprint density at radius 3 is 2.94 bits per heavy atom. The Balaban J connectivity index is 2.32. The van der Waals surface area contributed by atoms with Crippen LogP contribution in [0, 0.1) is 0 Å². The third-order valence-corrected chi connectivity index (χ3v) is 2.47. The Bertz CT molecular complexity index is 385. The molecule has 100 valence electrons. The van der Waals surface area contributed by atoms with Crippen molar-refractivity contribution in [1.82, 2.24) is 5.32 Å². The Morgan fingerprint density at radius 1 is 1.50 bits per heavy atom. The molecule has 0 aliphatic rings. The van der Waals surface area contributed by atoms with E-state index < -0.39 is 6.09 Å². The van der Waals surface area contributed by atoms with E-state index in [9.17, 15) is 4.79 Å². The molecule has 0 fully saturated rings. The van der Waals surface area contributed by atoms with Crippen LogP contribution in [0.15, 0.2) is 24.3 Å². The highest BCUT2D eigenvalue weighted by Gasteiger charge is 2.09. The van der Waals surface area contributed by atoms with Crippen LogP contribution in [0.25, 0.3) is 0 Å². The van der Waals surface area contributed by atoms with Crippen LogP contribution in [0.4, 0.5) is 10.5 Å². The molecule has 0 aromatic heterocycles. The molecular formula is C13H19ClN2O2. The first kappa shape index (κ1) is 14.8. The molecular weight excluding hydrogens is 252 g/mol. The van der Waals surface area contributed by atoms with Gasteiger partial charge >= 0.3 is 6.09 Å². The van der Waals surface area contributed by atoms with Gasteiger partial charge in [-0.3, -0.25) is 5.32 Å². The summed E-state index contributed by atoms with van der Waals surface area (Å²) in [5.41, 5.74) is 0.626. The van der Waals surface area contributed by atoms with Crippen molar-refractivity contribution < 1.29 is 9.53 Å². The minimum atomic E-state index is -0.469. The van der Waals surface area contributed by atoms with Gasteiger partial charge in [0, 0.05) is 17.3 Å². The van der Waals surface area contributed by atoms with Crippen molar-refractivity contribution in [3.05, 3.63) is 29.3 Å². The van der Waals surface area contributed by atoms with Gasteiger partial charge in [-0.05, 0) is 38.1 Å². The number of ether oxygens (including phenoxy) is 1. The smallest absolute Gasteiger partial charge is 0.411 e. The van der Waals surface area contributed by atoms with Gasteiger partial charge in [-0.2, -0.15) is 0 Å². The highest BCUT2D eigenvalue weighted by Crippen LogP contribution is 2.15. The number of carbonyl (C=O) groups excluding carboxylic acids is 1. The monoisotopic (exact) mass is 270 g/mol. The Morgan fingerprint density at radius 2 is 2.28 bits per heavy atom. The van der Waals surface area contributed by atoms with Gasteiger partial charge in [0.05, 0.1) is 0 Å². The molecule has 18 heavy (non-hydrogen) atoms. The average molecular weight is 271 g/mol. The Labute approximate surface area is 113 Å². The second-order valence-corrected chi connectivity index (χ2v) is 4.49. The molecule has 0 heterocycles. The second-order valence-electron chi connectivity index (χ2n) is 4.06. The second kappa shape index (κ2) is 7.95. The molecule has 1 aromatic carbocycles. The molecule has 0 aliphatic carbocycles. The lowest BCUT2D eigenvalue weighted by Gasteiger charge is -2.14. The minimum Gasteiger partial charge on any atom is -0.445 e. The molecule has 1 rings (SSSR count). The molecule has 4 nitrogen and oxygen atoms in total. The molecule has 2 N–H and O–H groups in total. The quantitative estimate of drug-likeness (QED) is 0.780. The first-order valence-electron chi connectivity index (χ1n) is 6.05. The number of anilines is 1. The number of nitrogens with one attached hydrogen (secondary N) is 2. The van der Waals surface area contributed by atoms with Crippen LogP contribution < -0.4 is 10.6 Å². The predicted octanol–water partition coefficient (Wildman–Crippen LogP) is 3.28. The Kier molecular flexibility index (Phi) is 6.54. The lowest BCUT2D eigenvalue weighted by atomic mass is 10.3. The fourth-order valence-electron chi connectivity index (χ4n) is 1.42. The maximum atomic E-state index is 11.6. The number of amides is 1. The van der Waals surface area contributed by atoms with Gasteiger partial charge in [0.15, 0.2) is 0 Å². The van der Waals surface area contributed by atoms with Gasteiger partial charge in [-0.15, -0.1) is 0 Å². The maximum Gasteiger partial charge on any atom is 0.411 e. The summed E-state index contributed by atoms with van der Waals surface area (Å²) in [6, 6.07) is 6.94. The van der Waals surface area contributed by atoms with Crippen molar-refractivity contribution >= 4 is 23.4 Å². The normalized spacial score (nSPS) is 11.9. The van der Waals surface area contributed by atoms with Crippen LogP contribution in [-0.4, -0.2) is 25.3 Å². The summed E-state index contributed by atoms with van der Waals surface area (Å²) < 4.78 is 5.19. The van der Waals surface area contributed by atoms with E-state index in [2.05, 4.69) is 17.6 Å². The number of carbonyl (C=O) groups is 1. The van der Waals surface area contributed by atoms with Crippen molar-refractivity contribution in [3.8, 4) is 0 Å². The molecule has 0 spiro atoms. The number of halogens is 1. The molecule has 1 unspecified atom stereocenters. The third kappa shape index (κ3) is 5.89. The average Bonchev–Trinajstić information content (AvgIpc) is 2.29. The van der Waals surface area contributed by atoms with Crippen LogP contribution in [0.2, 0.25) is 5.02 Å². The fourth-order valence-corrected chi connectivity index (χ4v) is 1.61. The van der Waals surface area contributed by atoms with E-state index in [1.165, 1.54) is 0 Å². The largest absolute Gasteiger partial charge is 0.445 e. The van der Waals surface area contributed by atoms with E-state index in [1.807, 2.05) is 6.92 Å². The standard InChI is InChI=1S/C13H19ClN2O2/c1-3-7-15-9-10(2)18-13(17)16-12-6-4-5-11(14)8-12/h4-6,8,10,15H,3,7,9H2,1-2H3,(H,16,17). The highest BCUT2D eigenvalue weighted by molar-refractivity contribution is 6.30. The predicted molar refractivity (Wildman–Crippen MR) is 74.2 cm³/mol. The van der Waals surface area contributed by atoms with Crippen LogP contribution in [0.1, 0.15) is 20.3 Å². The molecule has 5 heteroatoms. The summed E-state index contributed by atoms with van der Waals surface area (Å²) in [5, 5.41) is 6.39. The summed E-state index contributed by atoms with van der Waals surface area (Å²) >= 11 is 5.82. The van der Waals surface area contributed by atoms with E-state index in [1.54, 1.807) is 24.3 Å². The molecule has 0 aliphatic heterocycles. The molecule has 1 atom stereocenters. The van der Waals surface area contributed by atoms with Crippen LogP contribution in [0.5, 0.6) is 0 Å². The Hall–Kier alpha value is -1.26. The van der Waals surface area contributed by atoms with Crippen LogP contribution >= 0.6 is 11.6 Å². The van der Waals surface area contributed by atoms with E-state index in [0.29, 0.717) is 17.3 Å². The van der Waals surface area contributed by atoms with E-state index >= 15 is 0 Å². The summed E-state index contributed by atoms with van der Waals surface area (Å²) in [5.74, 6) is 0. The number of hydrogen-bond donors (Lipinski definition) is 2. The number of hydrogen-bond acceptors (Lipinski definition) is 3. The van der Waals surface area contributed by atoms with Crippen LogP contribution in [-0.2, 0) is 4.74 Å². The number of benzene rings is 1.